The highest BCUT2D eigenvalue weighted by atomic mass is 16.5. The highest BCUT2D eigenvalue weighted by Gasteiger charge is 2.26. The Morgan fingerprint density at radius 3 is 2.79 bits per heavy atom. The zero-order chi connectivity index (χ0) is 13.6. The van der Waals surface area contributed by atoms with Crippen LogP contribution in [0, 0.1) is 6.92 Å². The van der Waals surface area contributed by atoms with Crippen LogP contribution in [0.5, 0.6) is 5.75 Å². The van der Waals surface area contributed by atoms with Crippen LogP contribution in [0.15, 0.2) is 18.2 Å². The third-order valence-electron chi connectivity index (χ3n) is 4.37. The molecule has 3 rings (SSSR count). The summed E-state index contributed by atoms with van der Waals surface area (Å²) >= 11 is 0. The van der Waals surface area contributed by atoms with Crippen LogP contribution in [0.25, 0.3) is 10.9 Å². The maximum atomic E-state index is 5.37. The van der Waals surface area contributed by atoms with Gasteiger partial charge in [-0.1, -0.05) is 0 Å². The predicted molar refractivity (Wildman–Crippen MR) is 78.9 cm³/mol. The highest BCUT2D eigenvalue weighted by molar-refractivity contribution is 5.87. The Hall–Kier alpha value is -1.48. The number of rotatable bonds is 2. The molecule has 102 valence electrons. The lowest BCUT2D eigenvalue weighted by atomic mass is 10.00. The van der Waals surface area contributed by atoms with E-state index in [1.165, 1.54) is 35.0 Å². The molecule has 19 heavy (non-hydrogen) atoms. The van der Waals surface area contributed by atoms with Crippen LogP contribution in [0.2, 0.25) is 0 Å². The SMILES string of the molecule is COc1ccc2c(C)c3n(c2c1)CCCC3N(C)C. The average Bonchev–Trinajstić information content (AvgIpc) is 2.72. The second-order valence-corrected chi connectivity index (χ2v) is 5.67. The largest absolute Gasteiger partial charge is 0.497 e. The van der Waals surface area contributed by atoms with E-state index in [4.69, 9.17) is 4.74 Å². The van der Waals surface area contributed by atoms with Crippen LogP contribution in [-0.4, -0.2) is 30.7 Å². The minimum absolute atomic E-state index is 0.534. The summed E-state index contributed by atoms with van der Waals surface area (Å²) in [6.07, 6.45) is 2.50. The molecule has 1 aromatic carbocycles. The van der Waals surface area contributed by atoms with Crippen molar-refractivity contribution in [3.63, 3.8) is 0 Å². The lowest BCUT2D eigenvalue weighted by Crippen LogP contribution is -2.27. The molecule has 0 N–H and O–H groups in total. The van der Waals surface area contributed by atoms with Gasteiger partial charge in [0.25, 0.3) is 0 Å². The summed E-state index contributed by atoms with van der Waals surface area (Å²) in [5.41, 5.74) is 4.23. The van der Waals surface area contributed by atoms with Gasteiger partial charge < -0.3 is 14.2 Å². The monoisotopic (exact) mass is 258 g/mol. The Bertz CT molecular complexity index is 613. The lowest BCUT2D eigenvalue weighted by Gasteiger charge is -2.31. The number of hydrogen-bond donors (Lipinski definition) is 0. The first kappa shape index (κ1) is 12.5. The maximum Gasteiger partial charge on any atom is 0.120 e. The number of aryl methyl sites for hydroxylation is 2. The molecule has 2 aromatic rings. The molecular formula is C16H22N2O. The van der Waals surface area contributed by atoms with E-state index >= 15 is 0 Å². The smallest absolute Gasteiger partial charge is 0.120 e. The van der Waals surface area contributed by atoms with E-state index in [2.05, 4.69) is 48.7 Å². The van der Waals surface area contributed by atoms with E-state index in [9.17, 15) is 0 Å². The molecule has 0 amide bonds. The van der Waals surface area contributed by atoms with Crippen LogP contribution in [0.4, 0.5) is 0 Å². The molecule has 1 aromatic heterocycles. The number of hydrogen-bond acceptors (Lipinski definition) is 2. The molecule has 1 aliphatic heterocycles. The second-order valence-electron chi connectivity index (χ2n) is 5.67. The predicted octanol–water partition coefficient (Wildman–Crippen LogP) is 3.35. The van der Waals surface area contributed by atoms with Gasteiger partial charge in [0.2, 0.25) is 0 Å². The van der Waals surface area contributed by atoms with Crippen molar-refractivity contribution >= 4 is 10.9 Å². The van der Waals surface area contributed by atoms with E-state index in [-0.39, 0.29) is 0 Å². The van der Waals surface area contributed by atoms with Crippen LogP contribution in [0.1, 0.15) is 30.1 Å². The van der Waals surface area contributed by atoms with E-state index in [0.717, 1.165) is 12.3 Å². The Kier molecular flexibility index (Phi) is 3.02. The van der Waals surface area contributed by atoms with Gasteiger partial charge in [-0.2, -0.15) is 0 Å². The van der Waals surface area contributed by atoms with Crippen molar-refractivity contribution < 1.29 is 4.74 Å². The molecule has 0 saturated heterocycles. The summed E-state index contributed by atoms with van der Waals surface area (Å²) < 4.78 is 7.86. The van der Waals surface area contributed by atoms with Gasteiger partial charge in [-0.3, -0.25) is 0 Å². The summed E-state index contributed by atoms with van der Waals surface area (Å²) in [6, 6.07) is 6.96. The number of nitrogens with zero attached hydrogens (tertiary/aromatic N) is 2. The number of ether oxygens (including phenoxy) is 1. The fourth-order valence-electron chi connectivity index (χ4n) is 3.40. The van der Waals surface area contributed by atoms with Gasteiger partial charge in [-0.15, -0.1) is 0 Å². The highest BCUT2D eigenvalue weighted by Crippen LogP contribution is 2.38. The van der Waals surface area contributed by atoms with Gasteiger partial charge in [0.15, 0.2) is 0 Å². The van der Waals surface area contributed by atoms with Gasteiger partial charge in [0, 0.05) is 29.7 Å². The van der Waals surface area contributed by atoms with E-state index < -0.39 is 0 Å². The number of methoxy groups -OCH3 is 1. The van der Waals surface area contributed by atoms with Crippen molar-refractivity contribution in [2.24, 2.45) is 0 Å². The Morgan fingerprint density at radius 1 is 1.32 bits per heavy atom. The van der Waals surface area contributed by atoms with Gasteiger partial charge in [0.05, 0.1) is 12.6 Å². The number of fused-ring (bicyclic) bond motifs is 3. The van der Waals surface area contributed by atoms with Crippen molar-refractivity contribution in [2.45, 2.75) is 32.4 Å². The Labute approximate surface area is 114 Å². The third kappa shape index (κ3) is 1.84. The first-order valence-corrected chi connectivity index (χ1v) is 6.96. The zero-order valence-corrected chi connectivity index (χ0v) is 12.2. The van der Waals surface area contributed by atoms with E-state index in [1.54, 1.807) is 7.11 Å². The third-order valence-corrected chi connectivity index (χ3v) is 4.37. The molecule has 0 radical (unpaired) electrons. The minimum Gasteiger partial charge on any atom is -0.497 e. The maximum absolute atomic E-state index is 5.37. The molecule has 1 atom stereocenters. The summed E-state index contributed by atoms with van der Waals surface area (Å²) in [7, 11) is 6.09. The molecule has 0 saturated carbocycles. The van der Waals surface area contributed by atoms with Crippen molar-refractivity contribution in [1.82, 2.24) is 9.47 Å². The molecule has 0 spiro atoms. The second kappa shape index (κ2) is 4.57. The Balaban J connectivity index is 2.26. The number of benzene rings is 1. The van der Waals surface area contributed by atoms with Crippen molar-refractivity contribution in [1.29, 1.82) is 0 Å². The van der Waals surface area contributed by atoms with Gasteiger partial charge in [-0.05, 0) is 51.6 Å². The molecule has 3 heteroatoms. The summed E-state index contributed by atoms with van der Waals surface area (Å²) in [6.45, 7) is 3.37. The van der Waals surface area contributed by atoms with Gasteiger partial charge in [-0.25, -0.2) is 0 Å². The van der Waals surface area contributed by atoms with Crippen LogP contribution in [-0.2, 0) is 6.54 Å². The van der Waals surface area contributed by atoms with Crippen LogP contribution in [0.3, 0.4) is 0 Å². The molecule has 0 aliphatic carbocycles. The summed E-state index contributed by atoms with van der Waals surface area (Å²) in [5.74, 6) is 0.944. The van der Waals surface area contributed by atoms with Crippen molar-refractivity contribution in [3.8, 4) is 5.75 Å². The van der Waals surface area contributed by atoms with Crippen molar-refractivity contribution in [3.05, 3.63) is 29.5 Å². The zero-order valence-electron chi connectivity index (χ0n) is 12.2. The topological polar surface area (TPSA) is 17.4 Å². The molecule has 1 unspecified atom stereocenters. The van der Waals surface area contributed by atoms with E-state index in [0.29, 0.717) is 6.04 Å². The average molecular weight is 258 g/mol. The molecular weight excluding hydrogens is 236 g/mol. The van der Waals surface area contributed by atoms with Crippen LogP contribution < -0.4 is 4.74 Å². The van der Waals surface area contributed by atoms with Gasteiger partial charge in [0.1, 0.15) is 5.75 Å². The standard InChI is InChI=1S/C16H22N2O/c1-11-13-8-7-12(19-4)10-15(13)18-9-5-6-14(16(11)18)17(2)3/h7-8,10,14H,5-6,9H2,1-4H3. The summed E-state index contributed by atoms with van der Waals surface area (Å²) in [5, 5.41) is 1.37. The quantitative estimate of drug-likeness (QED) is 0.822. The number of aromatic nitrogens is 1. The Morgan fingerprint density at radius 2 is 2.11 bits per heavy atom. The van der Waals surface area contributed by atoms with Crippen LogP contribution >= 0.6 is 0 Å². The lowest BCUT2D eigenvalue weighted by molar-refractivity contribution is 0.243. The molecule has 0 fully saturated rings. The molecule has 1 aliphatic rings. The molecule has 3 nitrogen and oxygen atoms in total. The first-order chi connectivity index (χ1) is 9.13. The normalized spacial score (nSPS) is 18.9. The fraction of sp³-hybridized carbons (Fsp3) is 0.500. The van der Waals surface area contributed by atoms with Crippen molar-refractivity contribution in [2.75, 3.05) is 21.2 Å². The molecule has 0 bridgehead atoms. The molecule has 2 heterocycles. The first-order valence-electron chi connectivity index (χ1n) is 6.96. The summed E-state index contributed by atoms with van der Waals surface area (Å²) in [4.78, 5) is 2.34. The van der Waals surface area contributed by atoms with Gasteiger partial charge >= 0.3 is 0 Å². The fourth-order valence-corrected chi connectivity index (χ4v) is 3.40. The minimum atomic E-state index is 0.534. The van der Waals surface area contributed by atoms with E-state index in [1.807, 2.05) is 0 Å².